The van der Waals surface area contributed by atoms with Gasteiger partial charge in [-0.3, -0.25) is 34.3 Å². The molecule has 4 rings (SSSR count). The molecule has 13 nitrogen and oxygen atoms in total. The van der Waals surface area contributed by atoms with Crippen LogP contribution in [-0.2, 0) is 24.3 Å². The number of primary sulfonamides is 1. The summed E-state index contributed by atoms with van der Waals surface area (Å²) in [5, 5.41) is 9.46. The van der Waals surface area contributed by atoms with E-state index in [-0.39, 0.29) is 30.6 Å². The number of likely N-dealkylation sites (tertiary alicyclic amines) is 1. The highest BCUT2D eigenvalue weighted by atomic mass is 32.2. The van der Waals surface area contributed by atoms with Gasteiger partial charge in [0.2, 0.25) is 21.8 Å². The van der Waals surface area contributed by atoms with E-state index in [1.165, 1.54) is 0 Å². The van der Waals surface area contributed by atoms with Crippen molar-refractivity contribution >= 4 is 45.4 Å². The Kier molecular flexibility index (Phi) is 7.78. The third kappa shape index (κ3) is 5.74. The van der Waals surface area contributed by atoms with Crippen molar-refractivity contribution in [1.82, 2.24) is 15.1 Å². The Morgan fingerprint density at radius 1 is 1.05 bits per heavy atom. The minimum Gasteiger partial charge on any atom is -0.449 e. The molecule has 4 N–H and O–H groups in total. The van der Waals surface area contributed by atoms with Crippen molar-refractivity contribution in [2.24, 2.45) is 5.14 Å². The normalized spacial score (nSPS) is 21.4. The fourth-order valence-corrected chi connectivity index (χ4v) is 5.53. The van der Waals surface area contributed by atoms with E-state index >= 15 is 0 Å². The first kappa shape index (κ1) is 26.5. The van der Waals surface area contributed by atoms with E-state index in [1.807, 2.05) is 0 Å². The second-order valence-corrected chi connectivity index (χ2v) is 10.9. The van der Waals surface area contributed by atoms with Crippen molar-refractivity contribution in [3.8, 4) is 0 Å². The van der Waals surface area contributed by atoms with Crippen LogP contribution in [0, 0.1) is 0 Å². The Morgan fingerprint density at radius 3 is 2.46 bits per heavy atom. The van der Waals surface area contributed by atoms with E-state index in [2.05, 4.69) is 10.6 Å². The van der Waals surface area contributed by atoms with Gasteiger partial charge in [0.25, 0.3) is 11.8 Å². The van der Waals surface area contributed by atoms with Gasteiger partial charge in [-0.05, 0) is 43.9 Å². The lowest BCUT2D eigenvalue weighted by atomic mass is 10.0. The molecule has 2 saturated heterocycles. The van der Waals surface area contributed by atoms with Crippen LogP contribution in [0.25, 0.3) is 0 Å². The molecule has 0 spiro atoms. The summed E-state index contributed by atoms with van der Waals surface area (Å²) < 4.78 is 27.8. The fourth-order valence-electron chi connectivity index (χ4n) is 4.55. The van der Waals surface area contributed by atoms with Gasteiger partial charge in [-0.15, -0.1) is 0 Å². The molecule has 0 radical (unpaired) electrons. The number of nitrogens with two attached hydrogens (primary N) is 1. The van der Waals surface area contributed by atoms with Crippen molar-refractivity contribution < 1.29 is 37.1 Å². The first-order valence-electron chi connectivity index (χ1n) is 12.1. The van der Waals surface area contributed by atoms with E-state index in [9.17, 15) is 32.4 Å². The Labute approximate surface area is 213 Å². The number of anilines is 1. The summed E-state index contributed by atoms with van der Waals surface area (Å²) in [6.45, 7) is 1.11. The molecule has 37 heavy (non-hydrogen) atoms. The van der Waals surface area contributed by atoms with E-state index in [0.717, 1.165) is 29.1 Å². The van der Waals surface area contributed by atoms with Crippen LogP contribution in [0.15, 0.2) is 18.2 Å². The van der Waals surface area contributed by atoms with Crippen LogP contribution in [0.3, 0.4) is 0 Å². The molecule has 3 aliphatic heterocycles. The summed E-state index contributed by atoms with van der Waals surface area (Å²) in [6.07, 6.45) is 2.89. The number of nitrogens with zero attached hydrogens (tertiary/aromatic N) is 2. The highest BCUT2D eigenvalue weighted by Gasteiger charge is 2.44. The Balaban J connectivity index is 1.16. The number of amides is 5. The zero-order valence-corrected chi connectivity index (χ0v) is 20.9. The van der Waals surface area contributed by atoms with Gasteiger partial charge in [-0.25, -0.2) is 18.4 Å². The van der Waals surface area contributed by atoms with Crippen LogP contribution in [0.5, 0.6) is 0 Å². The largest absolute Gasteiger partial charge is 0.449 e. The van der Waals surface area contributed by atoms with Crippen molar-refractivity contribution in [1.29, 1.82) is 0 Å². The number of imide groups is 2. The second kappa shape index (κ2) is 10.8. The predicted molar refractivity (Wildman–Crippen MR) is 130 cm³/mol. The highest BCUT2D eigenvalue weighted by molar-refractivity contribution is 7.89. The monoisotopic (exact) mass is 535 g/mol. The van der Waals surface area contributed by atoms with Gasteiger partial charge in [0.15, 0.2) is 5.37 Å². The molecular weight excluding hydrogens is 506 g/mol. The SMILES string of the molecule is NS(=O)(=O)C1CCN1C(=O)OCCCCCCNc1ccc2c(c1)C(=O)N(C1CCC(=O)NC1=O)C2=O. The molecular formula is C23H29N5O8S. The molecule has 2 fully saturated rings. The van der Waals surface area contributed by atoms with E-state index < -0.39 is 51.2 Å². The molecule has 200 valence electrons. The number of unbranched alkanes of at least 4 members (excludes halogenated alkanes) is 3. The van der Waals surface area contributed by atoms with Gasteiger partial charge in [0.1, 0.15) is 6.04 Å². The smallest absolute Gasteiger partial charge is 0.410 e. The Morgan fingerprint density at radius 2 is 1.78 bits per heavy atom. The number of nitrogens with one attached hydrogen (secondary N) is 2. The number of carbonyl (C=O) groups is 5. The van der Waals surface area contributed by atoms with Crippen LogP contribution in [0.4, 0.5) is 10.5 Å². The van der Waals surface area contributed by atoms with Gasteiger partial charge in [0.05, 0.1) is 17.7 Å². The number of rotatable bonds is 10. The predicted octanol–water partition coefficient (Wildman–Crippen LogP) is 0.517. The molecule has 1 aromatic carbocycles. The molecule has 0 aromatic heterocycles. The standard InChI is InChI=1S/C23H29N5O8S/c24-37(34,35)19-9-11-27(19)23(33)36-12-4-2-1-3-10-25-14-5-6-15-16(13-14)22(32)28(21(15)31)17-7-8-18(29)26-20(17)30/h5-6,13,17,19,25H,1-4,7-12H2,(H2,24,34,35)(H,26,29,30). The molecule has 5 amide bonds. The first-order chi connectivity index (χ1) is 17.6. The topological polar surface area (TPSA) is 185 Å². The average Bonchev–Trinajstić information content (AvgIpc) is 3.03. The summed E-state index contributed by atoms with van der Waals surface area (Å²) >= 11 is 0. The van der Waals surface area contributed by atoms with Crippen LogP contribution in [-0.4, -0.2) is 79.1 Å². The lowest BCUT2D eigenvalue weighted by Gasteiger charge is -2.37. The average molecular weight is 536 g/mol. The van der Waals surface area contributed by atoms with Crippen LogP contribution < -0.4 is 15.8 Å². The Bertz CT molecular complexity index is 1230. The zero-order valence-electron chi connectivity index (χ0n) is 20.1. The molecule has 2 unspecified atom stereocenters. The molecule has 0 saturated carbocycles. The lowest BCUT2D eigenvalue weighted by molar-refractivity contribution is -0.136. The third-order valence-electron chi connectivity index (χ3n) is 6.64. The zero-order chi connectivity index (χ0) is 26.7. The van der Waals surface area contributed by atoms with Crippen LogP contribution >= 0.6 is 0 Å². The molecule has 0 bridgehead atoms. The number of carbonyl (C=O) groups excluding carboxylic acids is 5. The third-order valence-corrected chi connectivity index (χ3v) is 7.89. The molecule has 1 aromatic rings. The number of benzene rings is 1. The van der Waals surface area contributed by atoms with Crippen molar-refractivity contribution in [3.63, 3.8) is 0 Å². The van der Waals surface area contributed by atoms with Crippen LogP contribution in [0.2, 0.25) is 0 Å². The van der Waals surface area contributed by atoms with Gasteiger partial charge in [0, 0.05) is 31.6 Å². The number of piperidine rings is 1. The van der Waals surface area contributed by atoms with Crippen molar-refractivity contribution in [2.75, 3.05) is 25.0 Å². The maximum atomic E-state index is 12.9. The molecule has 2 atom stereocenters. The number of hydrogen-bond acceptors (Lipinski definition) is 9. The summed E-state index contributed by atoms with van der Waals surface area (Å²) in [6, 6.07) is 3.84. The quantitative estimate of drug-likeness (QED) is 0.284. The maximum absolute atomic E-state index is 12.9. The van der Waals surface area contributed by atoms with Gasteiger partial charge < -0.3 is 10.1 Å². The van der Waals surface area contributed by atoms with Gasteiger partial charge >= 0.3 is 6.09 Å². The molecule has 3 aliphatic rings. The first-order valence-corrected chi connectivity index (χ1v) is 13.7. The number of sulfonamides is 1. The van der Waals surface area contributed by atoms with E-state index in [1.54, 1.807) is 18.2 Å². The molecule has 0 aliphatic carbocycles. The van der Waals surface area contributed by atoms with Crippen LogP contribution in [0.1, 0.15) is 65.7 Å². The summed E-state index contributed by atoms with van der Waals surface area (Å²) in [5.74, 6) is -2.17. The summed E-state index contributed by atoms with van der Waals surface area (Å²) in [7, 11) is -3.80. The second-order valence-electron chi connectivity index (χ2n) is 9.19. The Hall–Kier alpha value is -3.52. The summed E-state index contributed by atoms with van der Waals surface area (Å²) in [4.78, 5) is 63.1. The number of ether oxygens (including phenoxy) is 1. The molecule has 3 heterocycles. The lowest BCUT2D eigenvalue weighted by Crippen LogP contribution is -2.57. The van der Waals surface area contributed by atoms with Gasteiger partial charge in [-0.1, -0.05) is 6.42 Å². The fraction of sp³-hybridized carbons (Fsp3) is 0.522. The van der Waals surface area contributed by atoms with Crippen molar-refractivity contribution in [3.05, 3.63) is 29.3 Å². The maximum Gasteiger partial charge on any atom is 0.410 e. The number of fused-ring (bicyclic) bond motifs is 1. The van der Waals surface area contributed by atoms with Gasteiger partial charge in [-0.2, -0.15) is 0 Å². The van der Waals surface area contributed by atoms with E-state index in [4.69, 9.17) is 9.88 Å². The number of hydrogen-bond donors (Lipinski definition) is 3. The molecule has 14 heteroatoms. The summed E-state index contributed by atoms with van der Waals surface area (Å²) in [5.41, 5.74) is 1.11. The minimum absolute atomic E-state index is 0.0660. The minimum atomic E-state index is -3.80. The highest BCUT2D eigenvalue weighted by Crippen LogP contribution is 2.29. The van der Waals surface area contributed by atoms with E-state index in [0.29, 0.717) is 31.6 Å². The van der Waals surface area contributed by atoms with Crippen molar-refractivity contribution in [2.45, 2.75) is 56.4 Å².